The Balaban J connectivity index is 0.000000676. The van der Waals surface area contributed by atoms with Gasteiger partial charge in [0, 0.05) is 36.3 Å². The molecule has 1 aliphatic rings. The molecule has 1 amide bonds. The van der Waals surface area contributed by atoms with Crippen LogP contribution < -0.4 is 10.1 Å². The smallest absolute Gasteiger partial charge is 0.490 e. The van der Waals surface area contributed by atoms with Gasteiger partial charge < -0.3 is 20.1 Å². The van der Waals surface area contributed by atoms with Crippen LogP contribution in [0, 0.1) is 17.8 Å². The second-order valence-electron chi connectivity index (χ2n) is 11.7. The van der Waals surface area contributed by atoms with E-state index in [9.17, 15) is 18.0 Å². The molecule has 4 rings (SSSR count). The monoisotopic (exact) mass is 608 g/mol. The minimum Gasteiger partial charge on any atom is -0.497 e. The molecule has 0 bridgehead atoms. The van der Waals surface area contributed by atoms with Crippen molar-refractivity contribution >= 4 is 11.9 Å². The summed E-state index contributed by atoms with van der Waals surface area (Å²) in [4.78, 5) is 24.1. The van der Waals surface area contributed by atoms with E-state index >= 15 is 0 Å². The van der Waals surface area contributed by atoms with Gasteiger partial charge in [0.1, 0.15) is 5.75 Å². The number of hydrogen-bond donors (Lipinski definition) is 2. The average molecular weight is 609 g/mol. The Morgan fingerprint density at radius 2 is 1.48 bits per heavy atom. The normalized spacial score (nSPS) is 14.9. The zero-order chi connectivity index (χ0) is 32.3. The maximum Gasteiger partial charge on any atom is 0.490 e. The number of nitrogens with one attached hydrogen (secondary N) is 1. The molecule has 0 spiro atoms. The van der Waals surface area contributed by atoms with E-state index in [1.165, 1.54) is 11.1 Å². The number of aliphatic carboxylic acids is 1. The molecule has 3 aromatic rings. The van der Waals surface area contributed by atoms with Crippen molar-refractivity contribution in [2.45, 2.75) is 51.7 Å². The van der Waals surface area contributed by atoms with E-state index in [0.29, 0.717) is 5.92 Å². The molecule has 1 aliphatic heterocycles. The summed E-state index contributed by atoms with van der Waals surface area (Å²) in [7, 11) is 1.65. The first-order valence-corrected chi connectivity index (χ1v) is 14.4. The lowest BCUT2D eigenvalue weighted by molar-refractivity contribution is -0.192. The fourth-order valence-corrected chi connectivity index (χ4v) is 4.66. The first-order valence-electron chi connectivity index (χ1n) is 14.4. The summed E-state index contributed by atoms with van der Waals surface area (Å²) in [6.07, 6.45) is -2.89. The Labute approximate surface area is 257 Å². The number of methoxy groups -OCH3 is 1. The molecule has 6 nitrogen and oxygen atoms in total. The van der Waals surface area contributed by atoms with Gasteiger partial charge in [-0.1, -0.05) is 56.9 Å². The maximum atomic E-state index is 13.2. The highest BCUT2D eigenvalue weighted by molar-refractivity contribution is 5.94. The summed E-state index contributed by atoms with van der Waals surface area (Å²) >= 11 is 0. The third kappa shape index (κ3) is 10.8. The van der Waals surface area contributed by atoms with E-state index in [1.54, 1.807) is 7.11 Å². The summed E-state index contributed by atoms with van der Waals surface area (Å²) in [6.45, 7) is 10.1. The SMILES string of the molecule is COc1ccc(C#Cc2ccc(C(=O)N3CCCC(CNCc4ccc(C(C)(C)C)cc4)C3)cc2)cc1.O=C(O)C(F)(F)F. The Morgan fingerprint density at radius 3 is 1.98 bits per heavy atom. The molecule has 9 heteroatoms. The van der Waals surface area contributed by atoms with Gasteiger partial charge in [0.05, 0.1) is 7.11 Å². The molecule has 1 heterocycles. The van der Waals surface area contributed by atoms with Crippen molar-refractivity contribution in [2.75, 3.05) is 26.7 Å². The van der Waals surface area contributed by atoms with Crippen LogP contribution in [0.1, 0.15) is 66.2 Å². The van der Waals surface area contributed by atoms with Crippen molar-refractivity contribution in [3.05, 3.63) is 101 Å². The van der Waals surface area contributed by atoms with E-state index in [-0.39, 0.29) is 11.3 Å². The van der Waals surface area contributed by atoms with Gasteiger partial charge in [0.2, 0.25) is 0 Å². The van der Waals surface area contributed by atoms with Gasteiger partial charge in [0.25, 0.3) is 5.91 Å². The highest BCUT2D eigenvalue weighted by Gasteiger charge is 2.38. The molecule has 0 aliphatic carbocycles. The number of carboxylic acid groups (broad SMARTS) is 1. The largest absolute Gasteiger partial charge is 0.497 e. The van der Waals surface area contributed by atoms with Crippen molar-refractivity contribution < 1.29 is 32.6 Å². The van der Waals surface area contributed by atoms with Gasteiger partial charge in [-0.05, 0) is 90.4 Å². The molecule has 1 saturated heterocycles. The number of ether oxygens (including phenoxy) is 1. The number of carbonyl (C=O) groups excluding carboxylic acids is 1. The van der Waals surface area contributed by atoms with E-state index in [0.717, 1.165) is 61.5 Å². The summed E-state index contributed by atoms with van der Waals surface area (Å²) < 4.78 is 36.9. The van der Waals surface area contributed by atoms with Gasteiger partial charge in [-0.25, -0.2) is 4.79 Å². The van der Waals surface area contributed by atoms with E-state index in [4.69, 9.17) is 14.6 Å². The Morgan fingerprint density at radius 1 is 0.932 bits per heavy atom. The molecule has 2 N–H and O–H groups in total. The molecule has 1 unspecified atom stereocenters. The molecule has 1 atom stereocenters. The summed E-state index contributed by atoms with van der Waals surface area (Å²) in [5.41, 5.74) is 5.37. The number of hydrogen-bond acceptors (Lipinski definition) is 4. The fraction of sp³-hybridized carbons (Fsp3) is 0.371. The van der Waals surface area contributed by atoms with Gasteiger partial charge >= 0.3 is 12.1 Å². The number of carboxylic acids is 1. The molecule has 3 aromatic carbocycles. The zero-order valence-electron chi connectivity index (χ0n) is 25.5. The highest BCUT2D eigenvalue weighted by Crippen LogP contribution is 2.23. The molecule has 234 valence electrons. The van der Waals surface area contributed by atoms with Gasteiger partial charge in [-0.3, -0.25) is 4.79 Å². The highest BCUT2D eigenvalue weighted by atomic mass is 19.4. The second-order valence-corrected chi connectivity index (χ2v) is 11.7. The number of carbonyl (C=O) groups is 2. The zero-order valence-corrected chi connectivity index (χ0v) is 25.5. The molecular formula is C35H39F3N2O4. The standard InChI is InChI=1S/C33H38N2O2.C2HF3O2/c1-33(2,3)30-17-11-27(12-18-30)22-34-23-28-6-5-21-35(24-28)32(36)29-15-9-25(10-16-29)7-8-26-13-19-31(37-4)20-14-26;3-2(4,5)1(6)7/h9-20,28,34H,5-6,21-24H2,1-4H3;(H,6,7). The van der Waals surface area contributed by atoms with Gasteiger partial charge in [0.15, 0.2) is 0 Å². The summed E-state index contributed by atoms with van der Waals surface area (Å²) in [5, 5.41) is 10.7. The summed E-state index contributed by atoms with van der Waals surface area (Å²) in [6, 6.07) is 24.2. The van der Waals surface area contributed by atoms with Crippen LogP contribution in [0.15, 0.2) is 72.8 Å². The van der Waals surface area contributed by atoms with Crippen LogP contribution in [0.25, 0.3) is 0 Å². The Bertz CT molecular complexity index is 1430. The average Bonchev–Trinajstić information content (AvgIpc) is 3.00. The predicted molar refractivity (Wildman–Crippen MR) is 165 cm³/mol. The summed E-state index contributed by atoms with van der Waals surface area (Å²) in [5.74, 6) is 4.98. The fourth-order valence-electron chi connectivity index (χ4n) is 4.66. The van der Waals surface area contributed by atoms with Crippen LogP contribution in [0.2, 0.25) is 0 Å². The lowest BCUT2D eigenvalue weighted by Crippen LogP contribution is -2.42. The number of likely N-dealkylation sites (tertiary alicyclic amines) is 1. The van der Waals surface area contributed by atoms with Crippen LogP contribution in [0.4, 0.5) is 13.2 Å². The predicted octanol–water partition coefficient (Wildman–Crippen LogP) is 6.67. The van der Waals surface area contributed by atoms with Crippen molar-refractivity contribution in [2.24, 2.45) is 5.92 Å². The van der Waals surface area contributed by atoms with Crippen LogP contribution >= 0.6 is 0 Å². The number of benzene rings is 3. The van der Waals surface area contributed by atoms with Crippen molar-refractivity contribution in [1.29, 1.82) is 0 Å². The molecule has 0 aromatic heterocycles. The maximum absolute atomic E-state index is 13.2. The van der Waals surface area contributed by atoms with Crippen LogP contribution in [0.3, 0.4) is 0 Å². The third-order valence-corrected chi connectivity index (χ3v) is 7.20. The topological polar surface area (TPSA) is 78.9 Å². The Kier molecular flexibility index (Phi) is 12.0. The quantitative estimate of drug-likeness (QED) is 0.306. The number of amides is 1. The minimum atomic E-state index is -5.08. The lowest BCUT2D eigenvalue weighted by atomic mass is 9.87. The second kappa shape index (κ2) is 15.4. The number of piperidine rings is 1. The van der Waals surface area contributed by atoms with Crippen LogP contribution in [0.5, 0.6) is 5.75 Å². The van der Waals surface area contributed by atoms with E-state index in [2.05, 4.69) is 62.2 Å². The molecule has 0 radical (unpaired) electrons. The van der Waals surface area contributed by atoms with Crippen molar-refractivity contribution in [3.8, 4) is 17.6 Å². The molecule has 0 saturated carbocycles. The van der Waals surface area contributed by atoms with E-state index < -0.39 is 12.1 Å². The Hall–Kier alpha value is -4.29. The number of nitrogens with zero attached hydrogens (tertiary/aromatic N) is 1. The van der Waals surface area contributed by atoms with Gasteiger partial charge in [-0.15, -0.1) is 0 Å². The first-order chi connectivity index (χ1) is 20.8. The van der Waals surface area contributed by atoms with Crippen molar-refractivity contribution in [3.63, 3.8) is 0 Å². The molecule has 44 heavy (non-hydrogen) atoms. The van der Waals surface area contributed by atoms with E-state index in [1.807, 2.05) is 53.4 Å². The third-order valence-electron chi connectivity index (χ3n) is 7.20. The minimum absolute atomic E-state index is 0.108. The first kappa shape index (κ1) is 34.2. The van der Waals surface area contributed by atoms with Crippen molar-refractivity contribution in [1.82, 2.24) is 10.2 Å². The number of alkyl halides is 3. The van der Waals surface area contributed by atoms with Gasteiger partial charge in [-0.2, -0.15) is 13.2 Å². The van der Waals surface area contributed by atoms with Crippen LogP contribution in [-0.4, -0.2) is 54.8 Å². The molecule has 1 fully saturated rings. The molecular weight excluding hydrogens is 569 g/mol. The number of rotatable bonds is 6. The lowest BCUT2D eigenvalue weighted by Gasteiger charge is -2.33. The number of halogens is 3. The van der Waals surface area contributed by atoms with Crippen LogP contribution in [-0.2, 0) is 16.8 Å².